The summed E-state index contributed by atoms with van der Waals surface area (Å²) in [6.45, 7) is 1.27. The van der Waals surface area contributed by atoms with E-state index in [4.69, 9.17) is 4.74 Å². The smallest absolute Gasteiger partial charge is 0.312 e. The van der Waals surface area contributed by atoms with E-state index in [2.05, 4.69) is 5.32 Å². The lowest BCUT2D eigenvalue weighted by Crippen LogP contribution is -2.34. The van der Waals surface area contributed by atoms with Crippen molar-refractivity contribution in [1.29, 1.82) is 0 Å². The first kappa shape index (κ1) is 20.0. The highest BCUT2D eigenvalue weighted by atomic mass is 35.5. The molecule has 0 saturated carbocycles. The van der Waals surface area contributed by atoms with Gasteiger partial charge in [-0.05, 0) is 23.8 Å². The Balaban J connectivity index is 0.00000243. The third kappa shape index (κ3) is 3.59. The van der Waals surface area contributed by atoms with Crippen LogP contribution in [0.1, 0.15) is 5.56 Å². The van der Waals surface area contributed by atoms with Crippen molar-refractivity contribution in [1.82, 2.24) is 5.32 Å². The Morgan fingerprint density at radius 3 is 2.65 bits per heavy atom. The van der Waals surface area contributed by atoms with Crippen molar-refractivity contribution in [2.45, 2.75) is 11.4 Å². The maximum atomic E-state index is 13.1. The fourth-order valence-electron chi connectivity index (χ4n) is 2.78. The van der Waals surface area contributed by atoms with Crippen LogP contribution in [-0.2, 0) is 16.6 Å². The Morgan fingerprint density at radius 2 is 1.96 bits per heavy atom. The number of hydrogen-bond donors (Lipinski definition) is 1. The van der Waals surface area contributed by atoms with Crippen molar-refractivity contribution in [2.75, 3.05) is 24.5 Å². The third-order valence-electron chi connectivity index (χ3n) is 4.00. The highest BCUT2D eigenvalue weighted by Gasteiger charge is 2.30. The lowest BCUT2D eigenvalue weighted by molar-refractivity contribution is -0.386. The fraction of sp³-hybridized carbons (Fsp3) is 0.250. The largest absolute Gasteiger partial charge is 0.490 e. The zero-order valence-electron chi connectivity index (χ0n) is 13.9. The monoisotopic (exact) mass is 399 g/mol. The molecule has 0 unspecified atom stereocenters. The van der Waals surface area contributed by atoms with Crippen LogP contribution in [0.3, 0.4) is 0 Å². The average Bonchev–Trinajstić information content (AvgIpc) is 2.84. The van der Waals surface area contributed by atoms with E-state index in [0.717, 1.165) is 11.6 Å². The molecule has 0 fully saturated rings. The molecule has 0 bridgehead atoms. The van der Waals surface area contributed by atoms with Crippen molar-refractivity contribution in [2.24, 2.45) is 0 Å². The molecule has 0 aliphatic carbocycles. The van der Waals surface area contributed by atoms with Crippen LogP contribution in [0.25, 0.3) is 0 Å². The minimum atomic E-state index is -3.95. The maximum Gasteiger partial charge on any atom is 0.312 e. The standard InChI is InChI=1S/C16H17N3O5S.ClH/c1-24-16-7-6-13(10-15(16)19(20)21)25(22,23)18-9-8-17-11-12-4-2-3-5-14(12)18;/h2-7,10,17H,8-9,11H2,1H3;1H. The van der Waals surface area contributed by atoms with Gasteiger partial charge in [-0.2, -0.15) is 0 Å². The number of ether oxygens (including phenoxy) is 1. The third-order valence-corrected chi connectivity index (χ3v) is 5.81. The molecule has 2 aromatic rings. The molecule has 26 heavy (non-hydrogen) atoms. The summed E-state index contributed by atoms with van der Waals surface area (Å²) >= 11 is 0. The Morgan fingerprint density at radius 1 is 1.23 bits per heavy atom. The summed E-state index contributed by atoms with van der Waals surface area (Å²) in [6, 6.07) is 10.9. The average molecular weight is 400 g/mol. The van der Waals surface area contributed by atoms with E-state index in [9.17, 15) is 18.5 Å². The summed E-state index contributed by atoms with van der Waals surface area (Å²) in [5, 5.41) is 14.4. The molecule has 0 amide bonds. The van der Waals surface area contributed by atoms with Gasteiger partial charge < -0.3 is 10.1 Å². The Hall–Kier alpha value is -2.36. The van der Waals surface area contributed by atoms with E-state index in [1.165, 1.54) is 23.5 Å². The summed E-state index contributed by atoms with van der Waals surface area (Å²) in [7, 11) is -2.65. The van der Waals surface area contributed by atoms with Crippen LogP contribution in [0.5, 0.6) is 5.75 Å². The van der Waals surface area contributed by atoms with Crippen molar-refractivity contribution in [3.05, 3.63) is 58.1 Å². The number of para-hydroxylation sites is 1. The number of nitrogens with zero attached hydrogens (tertiary/aromatic N) is 2. The second kappa shape index (κ2) is 7.90. The van der Waals surface area contributed by atoms with Crippen LogP contribution in [-0.4, -0.2) is 33.5 Å². The molecule has 1 aliphatic heterocycles. The van der Waals surface area contributed by atoms with Gasteiger partial charge in [-0.15, -0.1) is 12.4 Å². The predicted molar refractivity (Wildman–Crippen MR) is 99.6 cm³/mol. The van der Waals surface area contributed by atoms with Crippen LogP contribution < -0.4 is 14.4 Å². The summed E-state index contributed by atoms with van der Waals surface area (Å²) in [4.78, 5) is 10.4. The first-order valence-electron chi connectivity index (χ1n) is 7.59. The second-order valence-electron chi connectivity index (χ2n) is 5.47. The normalized spacial score (nSPS) is 14.0. The lowest BCUT2D eigenvalue weighted by Gasteiger charge is -2.24. The van der Waals surface area contributed by atoms with Crippen LogP contribution in [0, 0.1) is 10.1 Å². The van der Waals surface area contributed by atoms with E-state index in [1.807, 2.05) is 12.1 Å². The minimum Gasteiger partial charge on any atom is -0.490 e. The Kier molecular flexibility index (Phi) is 6.06. The minimum absolute atomic E-state index is 0. The number of anilines is 1. The molecule has 1 heterocycles. The molecule has 1 N–H and O–H groups in total. The SMILES string of the molecule is COc1ccc(S(=O)(=O)N2CCNCc3ccccc32)cc1[N+](=O)[O-].Cl. The Labute approximate surface area is 157 Å². The van der Waals surface area contributed by atoms with E-state index < -0.39 is 14.9 Å². The lowest BCUT2D eigenvalue weighted by atomic mass is 10.2. The molecule has 0 spiro atoms. The molecule has 0 aromatic heterocycles. The van der Waals surface area contributed by atoms with Gasteiger partial charge in [0.05, 0.1) is 22.6 Å². The summed E-state index contributed by atoms with van der Waals surface area (Å²) in [5.41, 5.74) is 1.04. The van der Waals surface area contributed by atoms with Crippen LogP contribution in [0.15, 0.2) is 47.4 Å². The summed E-state index contributed by atoms with van der Waals surface area (Å²) in [6.07, 6.45) is 0. The van der Waals surface area contributed by atoms with Gasteiger partial charge in [0.25, 0.3) is 10.0 Å². The molecule has 0 saturated heterocycles. The molecular formula is C16H18ClN3O5S. The number of nitrogens with one attached hydrogen (secondary N) is 1. The van der Waals surface area contributed by atoms with Gasteiger partial charge in [-0.25, -0.2) is 8.42 Å². The molecule has 10 heteroatoms. The van der Waals surface area contributed by atoms with Gasteiger partial charge >= 0.3 is 5.69 Å². The van der Waals surface area contributed by atoms with E-state index in [1.54, 1.807) is 12.1 Å². The number of nitro groups is 1. The van der Waals surface area contributed by atoms with Crippen molar-refractivity contribution >= 4 is 33.8 Å². The van der Waals surface area contributed by atoms with E-state index >= 15 is 0 Å². The first-order chi connectivity index (χ1) is 11.9. The zero-order chi connectivity index (χ0) is 18.0. The zero-order valence-corrected chi connectivity index (χ0v) is 15.5. The molecule has 2 aromatic carbocycles. The van der Waals surface area contributed by atoms with Gasteiger partial charge in [-0.1, -0.05) is 18.2 Å². The topological polar surface area (TPSA) is 102 Å². The Bertz CT molecular complexity index is 920. The van der Waals surface area contributed by atoms with Gasteiger partial charge in [0.2, 0.25) is 0 Å². The number of sulfonamides is 1. The number of halogens is 1. The van der Waals surface area contributed by atoms with Crippen LogP contribution >= 0.6 is 12.4 Å². The first-order valence-corrected chi connectivity index (χ1v) is 9.03. The second-order valence-corrected chi connectivity index (χ2v) is 7.34. The van der Waals surface area contributed by atoms with Crippen molar-refractivity contribution in [3.8, 4) is 5.75 Å². The summed E-state index contributed by atoms with van der Waals surface area (Å²) < 4.78 is 32.4. The number of rotatable bonds is 4. The number of methoxy groups -OCH3 is 1. The molecule has 140 valence electrons. The van der Waals surface area contributed by atoms with Gasteiger partial charge in [0.15, 0.2) is 5.75 Å². The quantitative estimate of drug-likeness (QED) is 0.625. The highest BCUT2D eigenvalue weighted by Crippen LogP contribution is 2.33. The van der Waals surface area contributed by atoms with Gasteiger partial charge in [0, 0.05) is 25.7 Å². The van der Waals surface area contributed by atoms with Gasteiger partial charge in [0.1, 0.15) is 0 Å². The highest BCUT2D eigenvalue weighted by molar-refractivity contribution is 7.92. The van der Waals surface area contributed by atoms with E-state index in [0.29, 0.717) is 18.8 Å². The maximum absolute atomic E-state index is 13.1. The number of fused-ring (bicyclic) bond motifs is 1. The van der Waals surface area contributed by atoms with Crippen LogP contribution in [0.2, 0.25) is 0 Å². The number of hydrogen-bond acceptors (Lipinski definition) is 6. The van der Waals surface area contributed by atoms with Crippen molar-refractivity contribution in [3.63, 3.8) is 0 Å². The van der Waals surface area contributed by atoms with Gasteiger partial charge in [-0.3, -0.25) is 14.4 Å². The molecule has 0 atom stereocenters. The van der Waals surface area contributed by atoms with Crippen molar-refractivity contribution < 1.29 is 18.1 Å². The predicted octanol–water partition coefficient (Wildman–Crippen LogP) is 2.32. The van der Waals surface area contributed by atoms with Crippen LogP contribution in [0.4, 0.5) is 11.4 Å². The molecule has 3 rings (SSSR count). The molecule has 1 aliphatic rings. The fourth-order valence-corrected chi connectivity index (χ4v) is 4.30. The molecular weight excluding hydrogens is 382 g/mol. The molecule has 0 radical (unpaired) electrons. The summed E-state index contributed by atoms with van der Waals surface area (Å²) in [5.74, 6) is 0.0156. The number of benzene rings is 2. The molecule has 8 nitrogen and oxygen atoms in total. The number of nitro benzene ring substituents is 1. The van der Waals surface area contributed by atoms with E-state index in [-0.39, 0.29) is 35.3 Å².